The van der Waals surface area contributed by atoms with Gasteiger partial charge in [-0.15, -0.1) is 24.0 Å². The number of carbonyl (C=O) groups excluding carboxylic acids is 1. The molecule has 0 unspecified atom stereocenters. The highest BCUT2D eigenvalue weighted by Gasteiger charge is 2.27. The first-order chi connectivity index (χ1) is 13.0. The van der Waals surface area contributed by atoms with Crippen LogP contribution >= 0.6 is 24.0 Å². The molecule has 152 valence electrons. The predicted octanol–water partition coefficient (Wildman–Crippen LogP) is 0.923. The molecular weight excluding hydrogens is 471 g/mol. The fraction of sp³-hybridized carbons (Fsp3) is 0.444. The van der Waals surface area contributed by atoms with E-state index in [1.807, 2.05) is 49.3 Å². The fourth-order valence-electron chi connectivity index (χ4n) is 3.15. The van der Waals surface area contributed by atoms with E-state index in [-0.39, 0.29) is 36.4 Å². The summed E-state index contributed by atoms with van der Waals surface area (Å²) in [6.07, 6.45) is 5.35. The third-order valence-electron chi connectivity index (χ3n) is 4.46. The number of hydrogen-bond donors (Lipinski definition) is 1. The molecule has 0 saturated carbocycles. The number of aryl methyl sites for hydroxylation is 1. The molecule has 0 radical (unpaired) electrons. The lowest BCUT2D eigenvalue weighted by molar-refractivity contribution is -0.120. The maximum Gasteiger partial charge on any atom is 0.246 e. The molecule has 28 heavy (non-hydrogen) atoms. The normalized spacial score (nSPS) is 14.7. The van der Waals surface area contributed by atoms with Gasteiger partial charge in [0.1, 0.15) is 12.4 Å². The van der Waals surface area contributed by atoms with Crippen LogP contribution in [0.5, 0.6) is 0 Å². The van der Waals surface area contributed by atoms with Gasteiger partial charge in [0.15, 0.2) is 5.96 Å². The molecule has 2 aromatic heterocycles. The molecule has 0 spiro atoms. The summed E-state index contributed by atoms with van der Waals surface area (Å²) in [6.45, 7) is 2.17. The van der Waals surface area contributed by atoms with Gasteiger partial charge < -0.3 is 20.0 Å². The Morgan fingerprint density at radius 2 is 2.14 bits per heavy atom. The van der Waals surface area contributed by atoms with Crippen LogP contribution in [0.3, 0.4) is 0 Å². The Morgan fingerprint density at radius 1 is 1.36 bits per heavy atom. The number of pyridine rings is 1. The summed E-state index contributed by atoms with van der Waals surface area (Å²) in [7, 11) is 7.51. The number of nitrogens with zero attached hydrogens (tertiary/aromatic N) is 7. The van der Waals surface area contributed by atoms with Crippen LogP contribution in [0.4, 0.5) is 11.5 Å². The summed E-state index contributed by atoms with van der Waals surface area (Å²) in [5.74, 6) is 1.66. The van der Waals surface area contributed by atoms with Crippen LogP contribution in [-0.4, -0.2) is 72.3 Å². The van der Waals surface area contributed by atoms with Gasteiger partial charge in [-0.05, 0) is 6.07 Å². The Labute approximate surface area is 182 Å². The first kappa shape index (κ1) is 21.9. The Hall–Kier alpha value is -2.37. The number of halogens is 1. The van der Waals surface area contributed by atoms with Gasteiger partial charge in [-0.2, -0.15) is 5.10 Å². The average molecular weight is 498 g/mol. The minimum Gasteiger partial charge on any atom is -0.362 e. The second-order valence-corrected chi connectivity index (χ2v) is 6.62. The summed E-state index contributed by atoms with van der Waals surface area (Å²) in [5, 5.41) is 7.50. The van der Waals surface area contributed by atoms with Gasteiger partial charge in [0, 0.05) is 65.8 Å². The lowest BCUT2D eigenvalue weighted by atomic mass is 10.2. The number of hydrogen-bond acceptors (Lipinski definition) is 5. The van der Waals surface area contributed by atoms with Crippen LogP contribution in [0.1, 0.15) is 5.56 Å². The zero-order valence-corrected chi connectivity index (χ0v) is 19.0. The van der Waals surface area contributed by atoms with Gasteiger partial charge in [0.25, 0.3) is 0 Å². The summed E-state index contributed by atoms with van der Waals surface area (Å²) < 4.78 is 1.70. The Kier molecular flexibility index (Phi) is 7.61. The van der Waals surface area contributed by atoms with Gasteiger partial charge in [0.05, 0.1) is 11.9 Å². The molecule has 3 heterocycles. The molecule has 1 aliphatic rings. The van der Waals surface area contributed by atoms with Gasteiger partial charge >= 0.3 is 0 Å². The Morgan fingerprint density at radius 3 is 2.75 bits per heavy atom. The van der Waals surface area contributed by atoms with E-state index in [0.717, 1.165) is 17.1 Å². The molecule has 0 bridgehead atoms. The van der Waals surface area contributed by atoms with E-state index in [9.17, 15) is 4.79 Å². The molecule has 1 aliphatic heterocycles. The smallest absolute Gasteiger partial charge is 0.246 e. The quantitative estimate of drug-likeness (QED) is 0.384. The van der Waals surface area contributed by atoms with Crippen molar-refractivity contribution in [1.82, 2.24) is 25.0 Å². The highest BCUT2D eigenvalue weighted by Crippen LogP contribution is 2.17. The van der Waals surface area contributed by atoms with Crippen LogP contribution in [-0.2, 0) is 18.4 Å². The van der Waals surface area contributed by atoms with E-state index in [1.165, 1.54) is 0 Å². The molecular formula is C18H27IN8O. The summed E-state index contributed by atoms with van der Waals surface area (Å²) in [4.78, 5) is 27.1. The van der Waals surface area contributed by atoms with Crippen molar-refractivity contribution in [3.05, 3.63) is 36.3 Å². The lowest BCUT2D eigenvalue weighted by Crippen LogP contribution is -2.55. The third-order valence-corrected chi connectivity index (χ3v) is 4.46. The molecule has 1 fully saturated rings. The van der Waals surface area contributed by atoms with E-state index in [4.69, 9.17) is 0 Å². The van der Waals surface area contributed by atoms with Crippen molar-refractivity contribution in [2.24, 2.45) is 12.0 Å². The topological polar surface area (TPSA) is 81.9 Å². The van der Waals surface area contributed by atoms with Crippen molar-refractivity contribution in [2.75, 3.05) is 50.6 Å². The summed E-state index contributed by atoms with van der Waals surface area (Å²) in [5.41, 5.74) is 1.90. The molecule has 1 saturated heterocycles. The molecule has 1 N–H and O–H groups in total. The van der Waals surface area contributed by atoms with Crippen LogP contribution in [0.2, 0.25) is 0 Å². The maximum atomic E-state index is 12.6. The number of aromatic nitrogens is 3. The van der Waals surface area contributed by atoms with Gasteiger partial charge in [0.2, 0.25) is 5.91 Å². The second-order valence-electron chi connectivity index (χ2n) is 6.62. The molecule has 0 aromatic carbocycles. The first-order valence-corrected chi connectivity index (χ1v) is 8.85. The van der Waals surface area contributed by atoms with Crippen molar-refractivity contribution < 1.29 is 4.79 Å². The van der Waals surface area contributed by atoms with Crippen molar-refractivity contribution in [3.8, 4) is 0 Å². The highest BCUT2D eigenvalue weighted by atomic mass is 127. The van der Waals surface area contributed by atoms with Gasteiger partial charge in [-0.3, -0.25) is 14.5 Å². The Balaban J connectivity index is 0.00000280. The van der Waals surface area contributed by atoms with E-state index in [2.05, 4.69) is 20.4 Å². The number of carbonyl (C=O) groups is 1. The van der Waals surface area contributed by atoms with Crippen molar-refractivity contribution in [1.29, 1.82) is 0 Å². The number of anilines is 2. The van der Waals surface area contributed by atoms with E-state index < -0.39 is 0 Å². The predicted molar refractivity (Wildman–Crippen MR) is 121 cm³/mol. The zero-order chi connectivity index (χ0) is 19.4. The molecule has 9 nitrogen and oxygen atoms in total. The minimum absolute atomic E-state index is 0. The first-order valence-electron chi connectivity index (χ1n) is 8.85. The van der Waals surface area contributed by atoms with E-state index in [1.54, 1.807) is 29.0 Å². The molecule has 0 aliphatic carbocycles. The van der Waals surface area contributed by atoms with Gasteiger partial charge in [-0.25, -0.2) is 4.98 Å². The largest absolute Gasteiger partial charge is 0.362 e. The zero-order valence-electron chi connectivity index (χ0n) is 16.7. The molecule has 1 amide bonds. The summed E-state index contributed by atoms with van der Waals surface area (Å²) in [6, 6.07) is 3.96. The fourth-order valence-corrected chi connectivity index (χ4v) is 3.15. The SMILES string of the molecule is CN=C(NCc1cccnc1N(C)C)N1CCN(c2cnn(C)c2)C(=O)C1.I. The second kappa shape index (κ2) is 9.71. The van der Waals surface area contributed by atoms with Crippen molar-refractivity contribution in [2.45, 2.75) is 6.54 Å². The maximum absolute atomic E-state index is 12.6. The summed E-state index contributed by atoms with van der Waals surface area (Å²) >= 11 is 0. The molecule has 10 heteroatoms. The Bertz CT molecular complexity index is 834. The number of piperazine rings is 1. The van der Waals surface area contributed by atoms with E-state index >= 15 is 0 Å². The highest BCUT2D eigenvalue weighted by molar-refractivity contribution is 14.0. The van der Waals surface area contributed by atoms with E-state index in [0.29, 0.717) is 25.6 Å². The number of nitrogens with one attached hydrogen (secondary N) is 1. The number of amides is 1. The molecule has 0 atom stereocenters. The van der Waals surface area contributed by atoms with Crippen LogP contribution < -0.4 is 15.1 Å². The number of rotatable bonds is 4. The lowest BCUT2D eigenvalue weighted by Gasteiger charge is -2.35. The van der Waals surface area contributed by atoms with Crippen molar-refractivity contribution >= 4 is 47.3 Å². The standard InChI is InChI=1S/C18H26N8O.HI/c1-19-18(21-10-14-6-5-7-20-17(14)23(2)3)25-8-9-26(16(27)13-25)15-11-22-24(4)12-15;/h5-7,11-12H,8-10,13H2,1-4H3,(H,19,21);1H. The van der Waals surface area contributed by atoms with Crippen LogP contribution in [0, 0.1) is 0 Å². The molecule has 2 aromatic rings. The third kappa shape index (κ3) is 4.91. The van der Waals surface area contributed by atoms with Gasteiger partial charge in [-0.1, -0.05) is 6.07 Å². The van der Waals surface area contributed by atoms with Crippen LogP contribution in [0.25, 0.3) is 0 Å². The van der Waals surface area contributed by atoms with Crippen molar-refractivity contribution in [3.63, 3.8) is 0 Å². The molecule has 3 rings (SSSR count). The monoisotopic (exact) mass is 498 g/mol. The number of aliphatic imine (C=N–C) groups is 1. The number of guanidine groups is 1. The minimum atomic E-state index is 0. The van der Waals surface area contributed by atoms with Crippen LogP contribution in [0.15, 0.2) is 35.7 Å². The average Bonchev–Trinajstić information content (AvgIpc) is 3.08.